The molecule has 1 amide bonds. The molecule has 4 unspecified atom stereocenters. The van der Waals surface area contributed by atoms with E-state index in [0.29, 0.717) is 12.0 Å². The van der Waals surface area contributed by atoms with Gasteiger partial charge in [0.05, 0.1) is 0 Å². The quantitative estimate of drug-likeness (QED) is 0.525. The van der Waals surface area contributed by atoms with Crippen LogP contribution in [0.1, 0.15) is 12.8 Å². The lowest BCUT2D eigenvalue weighted by atomic mass is 9.71. The molecule has 4 heteroatoms. The first kappa shape index (κ1) is 9.68. The Morgan fingerprint density at radius 1 is 1.71 bits per heavy atom. The van der Waals surface area contributed by atoms with Crippen LogP contribution in [0.5, 0.6) is 0 Å². The molecule has 0 radical (unpaired) electrons. The highest BCUT2D eigenvalue weighted by atomic mass is 16.3. The third kappa shape index (κ3) is 1.67. The van der Waals surface area contributed by atoms with Crippen LogP contribution in [0.25, 0.3) is 0 Å². The predicted octanol–water partition coefficient (Wildman–Crippen LogP) is -0.613. The molecule has 1 fully saturated rings. The molecule has 0 aromatic heterocycles. The van der Waals surface area contributed by atoms with Crippen molar-refractivity contribution in [2.75, 3.05) is 6.54 Å². The maximum absolute atomic E-state index is 10.6. The number of hydrogen-bond acceptors (Lipinski definition) is 3. The van der Waals surface area contributed by atoms with E-state index in [1.54, 1.807) is 0 Å². The molecule has 4 atom stereocenters. The maximum atomic E-state index is 10.6. The first-order valence-electron chi connectivity index (χ1n) is 5.06. The van der Waals surface area contributed by atoms with Crippen molar-refractivity contribution in [1.82, 2.24) is 5.32 Å². The van der Waals surface area contributed by atoms with Crippen molar-refractivity contribution < 1.29 is 9.90 Å². The molecule has 4 N–H and O–H groups in total. The van der Waals surface area contributed by atoms with Gasteiger partial charge in [-0.2, -0.15) is 0 Å². The van der Waals surface area contributed by atoms with Crippen molar-refractivity contribution in [3.8, 4) is 0 Å². The fourth-order valence-electron chi connectivity index (χ4n) is 2.31. The monoisotopic (exact) mass is 196 g/mol. The summed E-state index contributed by atoms with van der Waals surface area (Å²) < 4.78 is 0. The zero-order valence-electron chi connectivity index (χ0n) is 8.02. The summed E-state index contributed by atoms with van der Waals surface area (Å²) in [5.41, 5.74) is 4.95. The fourth-order valence-corrected chi connectivity index (χ4v) is 2.31. The van der Waals surface area contributed by atoms with Gasteiger partial charge in [-0.1, -0.05) is 12.2 Å². The minimum Gasteiger partial charge on any atom is -0.382 e. The summed E-state index contributed by atoms with van der Waals surface area (Å²) in [6.07, 6.45) is 5.70. The van der Waals surface area contributed by atoms with Gasteiger partial charge in [-0.15, -0.1) is 0 Å². The number of primary amides is 1. The van der Waals surface area contributed by atoms with Crippen molar-refractivity contribution in [3.63, 3.8) is 0 Å². The molecule has 1 saturated carbocycles. The second-order valence-electron chi connectivity index (χ2n) is 4.17. The number of fused-ring (bicyclic) bond motifs is 1. The molecule has 4 nitrogen and oxygen atoms in total. The van der Waals surface area contributed by atoms with E-state index in [1.165, 1.54) is 6.42 Å². The van der Waals surface area contributed by atoms with Crippen LogP contribution in [0.15, 0.2) is 12.2 Å². The summed E-state index contributed by atoms with van der Waals surface area (Å²) in [4.78, 5) is 10.6. The fraction of sp³-hybridized carbons (Fsp3) is 0.700. The normalized spacial score (nSPS) is 36.2. The van der Waals surface area contributed by atoms with Crippen LogP contribution >= 0.6 is 0 Å². The van der Waals surface area contributed by atoms with Crippen LogP contribution < -0.4 is 11.1 Å². The van der Waals surface area contributed by atoms with E-state index in [0.717, 1.165) is 12.3 Å². The lowest BCUT2D eigenvalue weighted by molar-refractivity contribution is -0.125. The second-order valence-corrected chi connectivity index (χ2v) is 4.17. The van der Waals surface area contributed by atoms with E-state index in [9.17, 15) is 9.90 Å². The van der Waals surface area contributed by atoms with Gasteiger partial charge in [0.2, 0.25) is 5.91 Å². The molecule has 0 spiro atoms. The largest absolute Gasteiger partial charge is 0.382 e. The summed E-state index contributed by atoms with van der Waals surface area (Å²) in [5, 5.41) is 12.3. The van der Waals surface area contributed by atoms with E-state index in [-0.39, 0.29) is 6.54 Å². The number of nitrogens with two attached hydrogens (primary N) is 1. The van der Waals surface area contributed by atoms with Crippen LogP contribution in [-0.4, -0.2) is 29.7 Å². The minimum atomic E-state index is -1.06. The number of allylic oxidation sites excluding steroid dienone is 1. The molecule has 0 saturated heterocycles. The van der Waals surface area contributed by atoms with Crippen LogP contribution in [-0.2, 0) is 4.79 Å². The minimum absolute atomic E-state index is 0.275. The summed E-state index contributed by atoms with van der Waals surface area (Å²) in [5.74, 6) is 0.739. The Kier molecular flexibility index (Phi) is 2.56. The van der Waals surface area contributed by atoms with Gasteiger partial charge in [-0.05, 0) is 24.7 Å². The van der Waals surface area contributed by atoms with E-state index in [1.807, 2.05) is 0 Å². The number of nitrogens with one attached hydrogen (secondary N) is 1. The SMILES string of the molecule is NC(=O)C(O)CNC1CC2CC=CC21. The average Bonchev–Trinajstić information content (AvgIpc) is 2.47. The number of amides is 1. The van der Waals surface area contributed by atoms with Crippen molar-refractivity contribution in [3.05, 3.63) is 12.2 Å². The molecule has 2 aliphatic carbocycles. The highest BCUT2D eigenvalue weighted by Crippen LogP contribution is 2.42. The Morgan fingerprint density at radius 2 is 2.50 bits per heavy atom. The van der Waals surface area contributed by atoms with Gasteiger partial charge in [0.1, 0.15) is 6.10 Å². The van der Waals surface area contributed by atoms with Crippen molar-refractivity contribution in [2.24, 2.45) is 17.6 Å². The summed E-state index contributed by atoms with van der Waals surface area (Å²) in [6, 6.07) is 0.424. The first-order chi connectivity index (χ1) is 6.68. The lowest BCUT2D eigenvalue weighted by Crippen LogP contribution is -2.51. The topological polar surface area (TPSA) is 75.4 Å². The Balaban J connectivity index is 1.72. The van der Waals surface area contributed by atoms with Gasteiger partial charge < -0.3 is 16.2 Å². The number of aliphatic hydroxyl groups is 1. The number of hydrogen-bond donors (Lipinski definition) is 3. The standard InChI is InChI=1S/C10H16N2O2/c11-10(14)9(13)5-12-8-4-6-2-1-3-7(6)8/h1,3,6-9,12-13H,2,4-5H2,(H2,11,14). The molecule has 0 heterocycles. The van der Waals surface area contributed by atoms with E-state index in [2.05, 4.69) is 17.5 Å². The van der Waals surface area contributed by atoms with Crippen LogP contribution in [0.4, 0.5) is 0 Å². The number of rotatable bonds is 4. The molecule has 0 aromatic carbocycles. The van der Waals surface area contributed by atoms with Crippen LogP contribution in [0.3, 0.4) is 0 Å². The molecule has 78 valence electrons. The number of carbonyl (C=O) groups is 1. The number of carbonyl (C=O) groups excluding carboxylic acids is 1. The molecule has 0 aromatic rings. The van der Waals surface area contributed by atoms with Crippen LogP contribution in [0, 0.1) is 11.8 Å². The molecule has 2 aliphatic rings. The van der Waals surface area contributed by atoms with Gasteiger partial charge in [0, 0.05) is 12.6 Å². The molecular weight excluding hydrogens is 180 g/mol. The highest BCUT2D eigenvalue weighted by molar-refractivity contribution is 5.78. The smallest absolute Gasteiger partial charge is 0.247 e. The zero-order valence-corrected chi connectivity index (χ0v) is 8.02. The summed E-state index contributed by atoms with van der Waals surface area (Å²) in [7, 11) is 0. The van der Waals surface area contributed by atoms with E-state index < -0.39 is 12.0 Å². The molecule has 0 bridgehead atoms. The van der Waals surface area contributed by atoms with E-state index >= 15 is 0 Å². The maximum Gasteiger partial charge on any atom is 0.247 e. The third-order valence-electron chi connectivity index (χ3n) is 3.26. The first-order valence-corrected chi connectivity index (χ1v) is 5.06. The molecule has 0 aliphatic heterocycles. The van der Waals surface area contributed by atoms with Crippen molar-refractivity contribution in [2.45, 2.75) is 25.0 Å². The molecular formula is C10H16N2O2. The van der Waals surface area contributed by atoms with Gasteiger partial charge in [0.15, 0.2) is 0 Å². The predicted molar refractivity (Wildman–Crippen MR) is 52.3 cm³/mol. The van der Waals surface area contributed by atoms with Crippen molar-refractivity contribution in [1.29, 1.82) is 0 Å². The zero-order chi connectivity index (χ0) is 10.1. The molecule has 14 heavy (non-hydrogen) atoms. The van der Waals surface area contributed by atoms with Crippen LogP contribution in [0.2, 0.25) is 0 Å². The van der Waals surface area contributed by atoms with Gasteiger partial charge in [-0.3, -0.25) is 4.79 Å². The highest BCUT2D eigenvalue weighted by Gasteiger charge is 2.40. The van der Waals surface area contributed by atoms with Gasteiger partial charge in [-0.25, -0.2) is 0 Å². The van der Waals surface area contributed by atoms with Gasteiger partial charge in [0.25, 0.3) is 0 Å². The van der Waals surface area contributed by atoms with Gasteiger partial charge >= 0.3 is 0 Å². The van der Waals surface area contributed by atoms with E-state index in [4.69, 9.17) is 5.73 Å². The Labute approximate surface area is 83.2 Å². The lowest BCUT2D eigenvalue weighted by Gasteiger charge is -2.41. The second kappa shape index (κ2) is 3.71. The average molecular weight is 196 g/mol. The Hall–Kier alpha value is -0.870. The molecule has 2 rings (SSSR count). The Bertz CT molecular complexity index is 265. The van der Waals surface area contributed by atoms with Crippen molar-refractivity contribution >= 4 is 5.91 Å². The number of aliphatic hydroxyl groups excluding tert-OH is 1. The third-order valence-corrected chi connectivity index (χ3v) is 3.26. The summed E-state index contributed by atoms with van der Waals surface area (Å²) >= 11 is 0. The summed E-state index contributed by atoms with van der Waals surface area (Å²) in [6.45, 7) is 0.275. The Morgan fingerprint density at radius 3 is 3.14 bits per heavy atom.